The molecule has 0 aromatic heterocycles. The van der Waals surface area contributed by atoms with Crippen LogP contribution < -0.4 is 14.8 Å². The average molecular weight is 293 g/mol. The average Bonchev–Trinajstić information content (AvgIpc) is 2.53. The lowest BCUT2D eigenvalue weighted by atomic mass is 9.95. The smallest absolute Gasteiger partial charge is 0.161 e. The van der Waals surface area contributed by atoms with Gasteiger partial charge in [-0.2, -0.15) is 0 Å². The highest BCUT2D eigenvalue weighted by atomic mass is 16.5. The van der Waals surface area contributed by atoms with Crippen molar-refractivity contribution in [3.8, 4) is 11.5 Å². The van der Waals surface area contributed by atoms with Crippen LogP contribution in [0, 0.1) is 0 Å². The van der Waals surface area contributed by atoms with E-state index in [0.717, 1.165) is 50.3 Å². The van der Waals surface area contributed by atoms with Crippen molar-refractivity contribution >= 4 is 0 Å². The lowest BCUT2D eigenvalue weighted by molar-refractivity contribution is 0.0201. The fraction of sp³-hybridized carbons (Fsp3) is 0.647. The first-order chi connectivity index (χ1) is 10.3. The minimum Gasteiger partial charge on any atom is -0.493 e. The van der Waals surface area contributed by atoms with E-state index in [1.165, 1.54) is 5.56 Å². The Morgan fingerprint density at radius 2 is 1.95 bits per heavy atom. The Morgan fingerprint density at radius 1 is 1.14 bits per heavy atom. The highest BCUT2D eigenvalue weighted by molar-refractivity contribution is 5.43. The minimum absolute atomic E-state index is 0.215. The van der Waals surface area contributed by atoms with Gasteiger partial charge in [0.1, 0.15) is 6.10 Å². The maximum absolute atomic E-state index is 6.20. The first kappa shape index (κ1) is 16.1. The fourth-order valence-corrected chi connectivity index (χ4v) is 2.80. The van der Waals surface area contributed by atoms with E-state index >= 15 is 0 Å². The summed E-state index contributed by atoms with van der Waals surface area (Å²) in [5, 5.41) is 3.33. The van der Waals surface area contributed by atoms with Crippen molar-refractivity contribution in [2.75, 3.05) is 20.8 Å². The summed E-state index contributed by atoms with van der Waals surface area (Å²) in [6.07, 6.45) is 4.86. The lowest BCUT2D eigenvalue weighted by Crippen LogP contribution is -2.29. The van der Waals surface area contributed by atoms with Gasteiger partial charge in [-0.1, -0.05) is 13.0 Å². The van der Waals surface area contributed by atoms with E-state index in [0.29, 0.717) is 6.10 Å². The molecule has 118 valence electrons. The SMILES string of the molecule is CCNCc1ccc(OC)c(OC2CCCC(OC)C2)c1. The highest BCUT2D eigenvalue weighted by Gasteiger charge is 2.24. The molecule has 2 rings (SSSR count). The van der Waals surface area contributed by atoms with Crippen LogP contribution in [0.2, 0.25) is 0 Å². The van der Waals surface area contributed by atoms with Crippen molar-refractivity contribution in [1.29, 1.82) is 0 Å². The lowest BCUT2D eigenvalue weighted by Gasteiger charge is -2.29. The van der Waals surface area contributed by atoms with Gasteiger partial charge in [-0.15, -0.1) is 0 Å². The van der Waals surface area contributed by atoms with E-state index in [9.17, 15) is 0 Å². The Balaban J connectivity index is 2.05. The predicted octanol–water partition coefficient (Wildman–Crippen LogP) is 3.14. The summed E-state index contributed by atoms with van der Waals surface area (Å²) in [5.41, 5.74) is 1.21. The third-order valence-corrected chi connectivity index (χ3v) is 4.01. The zero-order chi connectivity index (χ0) is 15.1. The van der Waals surface area contributed by atoms with Gasteiger partial charge in [-0.25, -0.2) is 0 Å². The van der Waals surface area contributed by atoms with E-state index in [4.69, 9.17) is 14.2 Å². The summed E-state index contributed by atoms with van der Waals surface area (Å²) in [7, 11) is 3.47. The third kappa shape index (κ3) is 4.61. The number of benzene rings is 1. The quantitative estimate of drug-likeness (QED) is 0.838. The van der Waals surface area contributed by atoms with E-state index in [1.54, 1.807) is 14.2 Å². The molecule has 2 atom stereocenters. The molecule has 0 radical (unpaired) electrons. The van der Waals surface area contributed by atoms with Crippen molar-refractivity contribution in [3.63, 3.8) is 0 Å². The summed E-state index contributed by atoms with van der Waals surface area (Å²) < 4.78 is 17.1. The van der Waals surface area contributed by atoms with Gasteiger partial charge < -0.3 is 19.5 Å². The van der Waals surface area contributed by atoms with Crippen molar-refractivity contribution in [2.45, 2.75) is 51.4 Å². The summed E-state index contributed by atoms with van der Waals surface area (Å²) in [6, 6.07) is 6.14. The molecule has 1 fully saturated rings. The zero-order valence-corrected chi connectivity index (χ0v) is 13.4. The van der Waals surface area contributed by atoms with Crippen molar-refractivity contribution in [2.24, 2.45) is 0 Å². The second-order valence-electron chi connectivity index (χ2n) is 5.53. The molecule has 0 aliphatic heterocycles. The highest BCUT2D eigenvalue weighted by Crippen LogP contribution is 2.32. The Kier molecular flexibility index (Phi) is 6.33. The Morgan fingerprint density at radius 3 is 2.67 bits per heavy atom. The number of rotatable bonds is 7. The Bertz CT molecular complexity index is 436. The van der Waals surface area contributed by atoms with Gasteiger partial charge in [-0.3, -0.25) is 0 Å². The van der Waals surface area contributed by atoms with Gasteiger partial charge in [0, 0.05) is 20.1 Å². The van der Waals surface area contributed by atoms with Gasteiger partial charge >= 0.3 is 0 Å². The van der Waals surface area contributed by atoms with Crippen LogP contribution in [0.5, 0.6) is 11.5 Å². The summed E-state index contributed by atoms with van der Waals surface area (Å²) in [5.74, 6) is 1.64. The molecule has 1 N–H and O–H groups in total. The van der Waals surface area contributed by atoms with E-state index in [2.05, 4.69) is 24.4 Å². The maximum atomic E-state index is 6.20. The van der Waals surface area contributed by atoms with Gasteiger partial charge in [0.2, 0.25) is 0 Å². The molecule has 0 spiro atoms. The molecular formula is C17H27NO3. The Hall–Kier alpha value is -1.26. The maximum Gasteiger partial charge on any atom is 0.161 e. The molecule has 2 unspecified atom stereocenters. The molecule has 1 aromatic carbocycles. The van der Waals surface area contributed by atoms with Crippen LogP contribution in [0.1, 0.15) is 38.2 Å². The first-order valence-corrected chi connectivity index (χ1v) is 7.83. The van der Waals surface area contributed by atoms with Crippen LogP contribution in [0.15, 0.2) is 18.2 Å². The molecule has 0 bridgehead atoms. The third-order valence-electron chi connectivity index (χ3n) is 4.01. The van der Waals surface area contributed by atoms with Gasteiger partial charge in [0.05, 0.1) is 13.2 Å². The molecule has 1 saturated carbocycles. The van der Waals surface area contributed by atoms with E-state index < -0.39 is 0 Å². The normalized spacial score (nSPS) is 22.0. The Labute approximate surface area is 127 Å². The van der Waals surface area contributed by atoms with Crippen LogP contribution in [-0.2, 0) is 11.3 Å². The summed E-state index contributed by atoms with van der Waals surface area (Å²) >= 11 is 0. The van der Waals surface area contributed by atoms with Crippen molar-refractivity contribution in [1.82, 2.24) is 5.32 Å². The number of nitrogens with one attached hydrogen (secondary N) is 1. The largest absolute Gasteiger partial charge is 0.493 e. The molecular weight excluding hydrogens is 266 g/mol. The molecule has 1 aliphatic carbocycles. The monoisotopic (exact) mass is 293 g/mol. The molecule has 4 heteroatoms. The second-order valence-corrected chi connectivity index (χ2v) is 5.53. The number of hydrogen-bond acceptors (Lipinski definition) is 4. The molecule has 21 heavy (non-hydrogen) atoms. The van der Waals surface area contributed by atoms with Crippen LogP contribution >= 0.6 is 0 Å². The topological polar surface area (TPSA) is 39.7 Å². The fourth-order valence-electron chi connectivity index (χ4n) is 2.80. The molecule has 0 heterocycles. The molecule has 1 aromatic rings. The molecule has 1 aliphatic rings. The van der Waals surface area contributed by atoms with Crippen molar-refractivity contribution < 1.29 is 14.2 Å². The summed E-state index contributed by atoms with van der Waals surface area (Å²) in [4.78, 5) is 0. The molecule has 0 amide bonds. The van der Waals surface area contributed by atoms with Crippen LogP contribution in [-0.4, -0.2) is 33.0 Å². The summed E-state index contributed by atoms with van der Waals surface area (Å²) in [6.45, 7) is 3.91. The van der Waals surface area contributed by atoms with Crippen molar-refractivity contribution in [3.05, 3.63) is 23.8 Å². The first-order valence-electron chi connectivity index (χ1n) is 7.83. The van der Waals surface area contributed by atoms with Crippen LogP contribution in [0.25, 0.3) is 0 Å². The predicted molar refractivity (Wildman–Crippen MR) is 84.1 cm³/mol. The number of methoxy groups -OCH3 is 2. The number of hydrogen-bond donors (Lipinski definition) is 1. The number of ether oxygens (including phenoxy) is 3. The molecule has 4 nitrogen and oxygen atoms in total. The van der Waals surface area contributed by atoms with Gasteiger partial charge in [-0.05, 0) is 43.5 Å². The minimum atomic E-state index is 0.215. The van der Waals surface area contributed by atoms with E-state index in [-0.39, 0.29) is 6.10 Å². The van der Waals surface area contributed by atoms with Gasteiger partial charge in [0.25, 0.3) is 0 Å². The van der Waals surface area contributed by atoms with E-state index in [1.807, 2.05) is 6.07 Å². The van der Waals surface area contributed by atoms with Crippen LogP contribution in [0.3, 0.4) is 0 Å². The standard InChI is InChI=1S/C17H27NO3/c1-4-18-12-13-8-9-16(20-3)17(10-13)21-15-7-5-6-14(11-15)19-2/h8-10,14-15,18H,4-7,11-12H2,1-3H3. The van der Waals surface area contributed by atoms with Crippen LogP contribution in [0.4, 0.5) is 0 Å². The molecule has 0 saturated heterocycles. The van der Waals surface area contributed by atoms with Gasteiger partial charge in [0.15, 0.2) is 11.5 Å². The second kappa shape index (κ2) is 8.25. The zero-order valence-electron chi connectivity index (χ0n) is 13.4.